The van der Waals surface area contributed by atoms with E-state index < -0.39 is 0 Å². The van der Waals surface area contributed by atoms with Crippen LogP contribution in [0.5, 0.6) is 0 Å². The van der Waals surface area contributed by atoms with Crippen LogP contribution in [0.3, 0.4) is 0 Å². The fourth-order valence-electron chi connectivity index (χ4n) is 3.09. The Morgan fingerprint density at radius 1 is 1.48 bits per heavy atom. The highest BCUT2D eigenvalue weighted by molar-refractivity contribution is 7.21. The maximum absolute atomic E-state index is 12.3. The zero-order valence-corrected chi connectivity index (χ0v) is 13.6. The van der Waals surface area contributed by atoms with Gasteiger partial charge in [-0.1, -0.05) is 24.9 Å². The number of anilines is 1. The van der Waals surface area contributed by atoms with Crippen LogP contribution in [0.1, 0.15) is 35.9 Å². The van der Waals surface area contributed by atoms with E-state index in [1.54, 1.807) is 0 Å². The van der Waals surface area contributed by atoms with E-state index in [4.69, 9.17) is 17.3 Å². The summed E-state index contributed by atoms with van der Waals surface area (Å²) in [5, 5.41) is 4.54. The minimum Gasteiger partial charge on any atom is -0.397 e. The van der Waals surface area contributed by atoms with Crippen LogP contribution in [0.15, 0.2) is 18.2 Å². The highest BCUT2D eigenvalue weighted by Gasteiger charge is 2.23. The second-order valence-electron chi connectivity index (χ2n) is 5.98. The highest BCUT2D eigenvalue weighted by atomic mass is 35.5. The average molecular weight is 323 g/mol. The number of nitrogen functional groups attached to an aromatic ring is 1. The van der Waals surface area contributed by atoms with Crippen molar-refractivity contribution < 1.29 is 4.79 Å². The number of halogens is 1. The Balaban J connectivity index is 1.74. The lowest BCUT2D eigenvalue weighted by Gasteiger charge is -2.10. The third-order valence-corrected chi connectivity index (χ3v) is 5.67. The van der Waals surface area contributed by atoms with E-state index in [1.165, 1.54) is 30.6 Å². The van der Waals surface area contributed by atoms with Gasteiger partial charge in [0.15, 0.2) is 0 Å². The van der Waals surface area contributed by atoms with Crippen molar-refractivity contribution in [3.05, 3.63) is 28.1 Å². The van der Waals surface area contributed by atoms with Gasteiger partial charge in [0.25, 0.3) is 5.91 Å². The number of carbonyl (C=O) groups excluding carboxylic acids is 1. The Bertz CT molecular complexity index is 682. The van der Waals surface area contributed by atoms with Crippen LogP contribution < -0.4 is 11.1 Å². The molecule has 1 aliphatic carbocycles. The minimum atomic E-state index is -0.0654. The smallest absolute Gasteiger partial charge is 0.263 e. The number of fused-ring (bicyclic) bond motifs is 1. The predicted octanol–water partition coefficient (Wildman–Crippen LogP) is 4.30. The van der Waals surface area contributed by atoms with Crippen LogP contribution in [-0.2, 0) is 0 Å². The minimum absolute atomic E-state index is 0.0654. The molecule has 0 aliphatic heterocycles. The van der Waals surface area contributed by atoms with E-state index in [1.807, 2.05) is 18.2 Å². The van der Waals surface area contributed by atoms with Crippen LogP contribution in [0, 0.1) is 11.8 Å². The summed E-state index contributed by atoms with van der Waals surface area (Å²) < 4.78 is 0.997. The number of carbonyl (C=O) groups is 1. The van der Waals surface area contributed by atoms with E-state index in [0.717, 1.165) is 22.5 Å². The number of nitrogens with one attached hydrogen (secondary N) is 1. The summed E-state index contributed by atoms with van der Waals surface area (Å²) >= 11 is 7.42. The first kappa shape index (κ1) is 14.7. The number of thiophene rings is 1. The molecule has 2 aromatic rings. The van der Waals surface area contributed by atoms with Gasteiger partial charge in [0.05, 0.1) is 5.69 Å². The van der Waals surface area contributed by atoms with Gasteiger partial charge in [-0.05, 0) is 42.9 Å². The van der Waals surface area contributed by atoms with Gasteiger partial charge < -0.3 is 11.1 Å². The second-order valence-corrected chi connectivity index (χ2v) is 7.47. The molecule has 0 spiro atoms. The molecule has 21 heavy (non-hydrogen) atoms. The number of hydrogen-bond acceptors (Lipinski definition) is 3. The summed E-state index contributed by atoms with van der Waals surface area (Å²) in [5.74, 6) is 1.32. The summed E-state index contributed by atoms with van der Waals surface area (Å²) in [6.07, 6.45) is 3.68. The van der Waals surface area contributed by atoms with E-state index >= 15 is 0 Å². The molecule has 1 aromatic carbocycles. The maximum atomic E-state index is 12.3. The summed E-state index contributed by atoms with van der Waals surface area (Å²) in [6, 6.07) is 5.55. The molecule has 2 unspecified atom stereocenters. The molecule has 3 N–H and O–H groups in total. The average Bonchev–Trinajstić information content (AvgIpc) is 3.01. The van der Waals surface area contributed by atoms with Gasteiger partial charge in [-0.3, -0.25) is 4.79 Å². The molecule has 0 bridgehead atoms. The van der Waals surface area contributed by atoms with Gasteiger partial charge in [-0.25, -0.2) is 0 Å². The first-order valence-corrected chi connectivity index (χ1v) is 8.49. The molecule has 1 aromatic heterocycles. The van der Waals surface area contributed by atoms with Gasteiger partial charge in [0, 0.05) is 21.7 Å². The Labute approximate surface area is 133 Å². The maximum Gasteiger partial charge on any atom is 0.263 e. The lowest BCUT2D eigenvalue weighted by Crippen LogP contribution is -2.28. The van der Waals surface area contributed by atoms with Crippen LogP contribution in [-0.4, -0.2) is 12.5 Å². The van der Waals surface area contributed by atoms with Gasteiger partial charge in [-0.15, -0.1) is 11.3 Å². The first-order valence-electron chi connectivity index (χ1n) is 7.30. The monoisotopic (exact) mass is 322 g/mol. The number of rotatable bonds is 3. The lowest BCUT2D eigenvalue weighted by molar-refractivity contribution is 0.0952. The summed E-state index contributed by atoms with van der Waals surface area (Å²) in [7, 11) is 0. The molecule has 3 nitrogen and oxygen atoms in total. The topological polar surface area (TPSA) is 55.1 Å². The molecular weight excluding hydrogens is 304 g/mol. The summed E-state index contributed by atoms with van der Waals surface area (Å²) in [5.41, 5.74) is 6.64. The number of benzene rings is 1. The van der Waals surface area contributed by atoms with Crippen molar-refractivity contribution in [1.29, 1.82) is 0 Å². The SMILES string of the molecule is CC1CCC(CNC(=O)c2sc3ccc(Cl)cc3c2N)C1. The highest BCUT2D eigenvalue weighted by Crippen LogP contribution is 2.35. The standard InChI is InChI=1S/C16H19ClN2OS/c1-9-2-3-10(6-9)8-19-16(20)15-14(18)12-7-11(17)4-5-13(12)21-15/h4-5,7,9-10H,2-3,6,8,18H2,1H3,(H,19,20). The summed E-state index contributed by atoms with van der Waals surface area (Å²) in [6.45, 7) is 3.02. The molecule has 2 atom stereocenters. The molecule has 112 valence electrons. The zero-order valence-electron chi connectivity index (χ0n) is 12.0. The molecule has 5 heteroatoms. The van der Waals surface area contributed by atoms with E-state index in [2.05, 4.69) is 12.2 Å². The Morgan fingerprint density at radius 2 is 2.29 bits per heavy atom. The first-order chi connectivity index (χ1) is 10.0. The molecule has 0 radical (unpaired) electrons. The Hall–Kier alpha value is -1.26. The van der Waals surface area contributed by atoms with Crippen LogP contribution in [0.2, 0.25) is 5.02 Å². The van der Waals surface area contributed by atoms with Crippen LogP contribution in [0.25, 0.3) is 10.1 Å². The fraction of sp³-hybridized carbons (Fsp3) is 0.438. The van der Waals surface area contributed by atoms with Crippen LogP contribution >= 0.6 is 22.9 Å². The number of hydrogen-bond donors (Lipinski definition) is 2. The number of amides is 1. The zero-order chi connectivity index (χ0) is 15.0. The molecule has 1 saturated carbocycles. The second kappa shape index (κ2) is 5.85. The van der Waals surface area contributed by atoms with E-state index in [0.29, 0.717) is 21.5 Å². The molecule has 1 heterocycles. The molecule has 1 aliphatic rings. The van der Waals surface area contributed by atoms with Gasteiger partial charge in [0.2, 0.25) is 0 Å². The summed E-state index contributed by atoms with van der Waals surface area (Å²) in [4.78, 5) is 12.9. The van der Waals surface area contributed by atoms with Gasteiger partial charge >= 0.3 is 0 Å². The predicted molar refractivity (Wildman–Crippen MR) is 90.1 cm³/mol. The van der Waals surface area contributed by atoms with Crippen molar-refractivity contribution >= 4 is 44.6 Å². The van der Waals surface area contributed by atoms with Crippen molar-refractivity contribution in [2.24, 2.45) is 11.8 Å². The molecule has 3 rings (SSSR count). The van der Waals surface area contributed by atoms with Crippen molar-refractivity contribution in [3.8, 4) is 0 Å². The van der Waals surface area contributed by atoms with Crippen molar-refractivity contribution in [2.45, 2.75) is 26.2 Å². The van der Waals surface area contributed by atoms with Crippen molar-refractivity contribution in [1.82, 2.24) is 5.32 Å². The molecule has 0 saturated heterocycles. The lowest BCUT2D eigenvalue weighted by atomic mass is 10.1. The van der Waals surface area contributed by atoms with E-state index in [-0.39, 0.29) is 5.91 Å². The van der Waals surface area contributed by atoms with Gasteiger partial charge in [-0.2, -0.15) is 0 Å². The fourth-order valence-corrected chi connectivity index (χ4v) is 4.28. The quantitative estimate of drug-likeness (QED) is 0.885. The van der Waals surface area contributed by atoms with Crippen LogP contribution in [0.4, 0.5) is 5.69 Å². The van der Waals surface area contributed by atoms with Gasteiger partial charge in [0.1, 0.15) is 4.88 Å². The van der Waals surface area contributed by atoms with Crippen molar-refractivity contribution in [3.63, 3.8) is 0 Å². The molecule has 1 fully saturated rings. The molecule has 1 amide bonds. The van der Waals surface area contributed by atoms with Crippen molar-refractivity contribution in [2.75, 3.05) is 12.3 Å². The third kappa shape index (κ3) is 3.01. The number of nitrogens with two attached hydrogens (primary N) is 1. The molecular formula is C16H19ClN2OS. The van der Waals surface area contributed by atoms with E-state index in [9.17, 15) is 4.79 Å². The largest absolute Gasteiger partial charge is 0.397 e. The Morgan fingerprint density at radius 3 is 3.00 bits per heavy atom. The third-order valence-electron chi connectivity index (χ3n) is 4.25. The normalized spacial score (nSPS) is 21.8. The Kier molecular flexibility index (Phi) is 4.09.